The molecular formula is C52H88O4. The van der Waals surface area contributed by atoms with Crippen LogP contribution in [0.25, 0.3) is 0 Å². The summed E-state index contributed by atoms with van der Waals surface area (Å²) in [5.74, 6) is 6.21. The topological polar surface area (TPSA) is 36.9 Å². The van der Waals surface area contributed by atoms with Crippen LogP contribution in [0, 0.1) is 47.3 Å². The van der Waals surface area contributed by atoms with Crippen LogP contribution in [0.2, 0.25) is 0 Å². The fourth-order valence-corrected chi connectivity index (χ4v) is 13.1. The Hall–Kier alpha value is -1.20. The molecule has 8 rings (SSSR count). The second kappa shape index (κ2) is 19.9. The molecule has 0 saturated carbocycles. The molecule has 4 fully saturated rings. The molecule has 4 aliphatic carbocycles. The van der Waals surface area contributed by atoms with E-state index in [0.29, 0.717) is 11.8 Å². The van der Waals surface area contributed by atoms with Gasteiger partial charge in [0.05, 0.1) is 48.8 Å². The molecule has 4 aliphatic heterocycles. The van der Waals surface area contributed by atoms with Crippen LogP contribution in [0.1, 0.15) is 186 Å². The molecular weight excluding hydrogens is 689 g/mol. The van der Waals surface area contributed by atoms with E-state index in [1.807, 2.05) is 0 Å². The number of rotatable bonds is 8. The van der Waals surface area contributed by atoms with E-state index in [9.17, 15) is 0 Å². The highest BCUT2D eigenvalue weighted by Gasteiger charge is 2.50. The Labute approximate surface area is 346 Å². The van der Waals surface area contributed by atoms with Gasteiger partial charge in [0.25, 0.3) is 0 Å². The molecule has 320 valence electrons. The zero-order valence-electron chi connectivity index (χ0n) is 38.7. The second-order valence-corrected chi connectivity index (χ2v) is 19.7. The first-order chi connectivity index (χ1) is 26.9. The average molecular weight is 777 g/mol. The van der Waals surface area contributed by atoms with E-state index in [-0.39, 0.29) is 22.4 Å². The normalized spacial score (nSPS) is 35.2. The first-order valence-corrected chi connectivity index (χ1v) is 24.1. The maximum atomic E-state index is 6.10. The lowest BCUT2D eigenvalue weighted by Gasteiger charge is -2.36. The molecule has 4 saturated heterocycles. The number of allylic oxidation sites excluding steroid dienone is 6. The number of fused-ring (bicyclic) bond motifs is 4. The molecule has 8 atom stereocenters. The lowest BCUT2D eigenvalue weighted by molar-refractivity contribution is -0.0298. The van der Waals surface area contributed by atoms with Crippen LogP contribution in [0.3, 0.4) is 0 Å². The van der Waals surface area contributed by atoms with Crippen molar-refractivity contribution >= 4 is 0 Å². The first-order valence-electron chi connectivity index (χ1n) is 24.1. The molecule has 56 heavy (non-hydrogen) atoms. The van der Waals surface area contributed by atoms with Crippen molar-refractivity contribution in [1.29, 1.82) is 0 Å². The van der Waals surface area contributed by atoms with Gasteiger partial charge in [-0.3, -0.25) is 0 Å². The molecule has 4 heterocycles. The molecule has 0 N–H and O–H groups in total. The summed E-state index contributed by atoms with van der Waals surface area (Å²) in [4.78, 5) is 0. The molecule has 4 nitrogen and oxygen atoms in total. The second-order valence-electron chi connectivity index (χ2n) is 19.7. The van der Waals surface area contributed by atoms with E-state index < -0.39 is 0 Å². The minimum atomic E-state index is 0.173. The van der Waals surface area contributed by atoms with E-state index in [1.54, 1.807) is 22.3 Å². The molecule has 8 unspecified atom stereocenters. The van der Waals surface area contributed by atoms with Crippen molar-refractivity contribution in [3.05, 3.63) is 46.6 Å². The number of hydrogen-bond acceptors (Lipinski definition) is 4. The Balaban J connectivity index is 0.000000143. The van der Waals surface area contributed by atoms with Gasteiger partial charge in [0.2, 0.25) is 0 Å². The van der Waals surface area contributed by atoms with Gasteiger partial charge in [-0.1, -0.05) is 102 Å². The molecule has 0 spiro atoms. The molecule has 4 heteroatoms. The third-order valence-corrected chi connectivity index (χ3v) is 17.2. The predicted molar refractivity (Wildman–Crippen MR) is 237 cm³/mol. The Morgan fingerprint density at radius 3 is 1.54 bits per heavy atom. The lowest BCUT2D eigenvalue weighted by Crippen LogP contribution is -2.36. The van der Waals surface area contributed by atoms with Crippen LogP contribution in [-0.4, -0.2) is 48.8 Å². The Kier molecular flexibility index (Phi) is 16.3. The summed E-state index contributed by atoms with van der Waals surface area (Å²) in [5, 5.41) is 0. The van der Waals surface area contributed by atoms with E-state index >= 15 is 0 Å². The third-order valence-electron chi connectivity index (χ3n) is 17.2. The number of ether oxygens (including phenoxy) is 4. The molecule has 0 aromatic carbocycles. The van der Waals surface area contributed by atoms with Gasteiger partial charge in [-0.2, -0.15) is 0 Å². The molecule has 0 bridgehead atoms. The fraction of sp³-hybridized carbons (Fsp3) is 0.846. The van der Waals surface area contributed by atoms with Crippen molar-refractivity contribution in [2.24, 2.45) is 47.3 Å². The van der Waals surface area contributed by atoms with Gasteiger partial charge in [0, 0.05) is 11.8 Å². The SMILES string of the molecule is CCC1(CC)OCC2C=C(C)CCC21.CCC1(CC)OCC2CC(C)=CCC21.CCC1(CC)OCC2CC=C(C)CC21.CCC1(CC)OCC2CCC(C)=CC21. The minimum absolute atomic E-state index is 0.173. The van der Waals surface area contributed by atoms with Crippen molar-refractivity contribution in [3.63, 3.8) is 0 Å². The van der Waals surface area contributed by atoms with Crippen LogP contribution in [-0.2, 0) is 18.9 Å². The van der Waals surface area contributed by atoms with Crippen LogP contribution in [0.4, 0.5) is 0 Å². The summed E-state index contributed by atoms with van der Waals surface area (Å²) in [7, 11) is 0. The average Bonchev–Trinajstić information content (AvgIpc) is 3.99. The first kappa shape index (κ1) is 45.9. The van der Waals surface area contributed by atoms with Crippen molar-refractivity contribution in [2.45, 2.75) is 208 Å². The van der Waals surface area contributed by atoms with Gasteiger partial charge in [-0.25, -0.2) is 0 Å². The Bertz CT molecular complexity index is 1360. The maximum absolute atomic E-state index is 6.10. The van der Waals surface area contributed by atoms with Crippen LogP contribution >= 0.6 is 0 Å². The molecule has 0 aromatic heterocycles. The highest BCUT2D eigenvalue weighted by atomic mass is 16.5. The third kappa shape index (κ3) is 9.39. The van der Waals surface area contributed by atoms with Gasteiger partial charge in [0.1, 0.15) is 0 Å². The zero-order chi connectivity index (χ0) is 40.7. The molecule has 8 aliphatic rings. The molecule has 0 amide bonds. The fourth-order valence-electron chi connectivity index (χ4n) is 13.1. The summed E-state index contributed by atoms with van der Waals surface area (Å²) in [5.41, 5.74) is 7.08. The van der Waals surface area contributed by atoms with Crippen molar-refractivity contribution in [3.8, 4) is 0 Å². The lowest BCUT2D eigenvalue weighted by atomic mass is 9.71. The van der Waals surface area contributed by atoms with Crippen LogP contribution in [0.15, 0.2) is 46.6 Å². The predicted octanol–water partition coefficient (Wildman–Crippen LogP) is 14.2. The number of hydrogen-bond donors (Lipinski definition) is 0. The summed E-state index contributed by atoms with van der Waals surface area (Å²) in [6, 6.07) is 0. The Morgan fingerprint density at radius 2 is 0.911 bits per heavy atom. The van der Waals surface area contributed by atoms with Gasteiger partial charge in [-0.05, 0) is 166 Å². The van der Waals surface area contributed by atoms with Gasteiger partial charge in [-0.15, -0.1) is 0 Å². The summed E-state index contributed by atoms with van der Waals surface area (Å²) in [6.45, 7) is 31.2. The van der Waals surface area contributed by atoms with Crippen LogP contribution in [0.5, 0.6) is 0 Å². The molecule has 0 radical (unpaired) electrons. The monoisotopic (exact) mass is 777 g/mol. The summed E-state index contributed by atoms with van der Waals surface area (Å²) in [6.07, 6.45) is 29.5. The van der Waals surface area contributed by atoms with Gasteiger partial charge >= 0.3 is 0 Å². The van der Waals surface area contributed by atoms with Gasteiger partial charge < -0.3 is 18.9 Å². The summed E-state index contributed by atoms with van der Waals surface area (Å²) < 4.78 is 24.4. The van der Waals surface area contributed by atoms with Gasteiger partial charge in [0.15, 0.2) is 0 Å². The quantitative estimate of drug-likeness (QED) is 0.230. The van der Waals surface area contributed by atoms with E-state index in [1.165, 1.54) is 89.9 Å². The van der Waals surface area contributed by atoms with Crippen LogP contribution < -0.4 is 0 Å². The van der Waals surface area contributed by atoms with Crippen molar-refractivity contribution in [1.82, 2.24) is 0 Å². The van der Waals surface area contributed by atoms with Crippen molar-refractivity contribution < 1.29 is 18.9 Å². The van der Waals surface area contributed by atoms with E-state index in [4.69, 9.17) is 18.9 Å². The van der Waals surface area contributed by atoms with Crippen molar-refractivity contribution in [2.75, 3.05) is 26.4 Å². The zero-order valence-corrected chi connectivity index (χ0v) is 38.7. The maximum Gasteiger partial charge on any atom is 0.0743 e. The molecule has 0 aromatic rings. The highest BCUT2D eigenvalue weighted by molar-refractivity contribution is 5.16. The van der Waals surface area contributed by atoms with E-state index in [0.717, 1.165) is 74.8 Å². The highest BCUT2D eigenvalue weighted by Crippen LogP contribution is 2.51. The minimum Gasteiger partial charge on any atom is -0.374 e. The Morgan fingerprint density at radius 1 is 0.446 bits per heavy atom. The standard InChI is InChI=1S/4C13H22O/c2*1-4-13(5-2)12-7-6-10(3)8-11(12)9-14-13;2*1-4-13(5-2)12-8-10(3)6-7-11(12)9-14-13/h8,11-12H,4-7,9H2,1-3H3;6,11-12H,4-5,7-9H2,1-3H3;8,11-12H,4-7,9H2,1-3H3;6,11-12H,4-5,7-9H2,1-3H3. The van der Waals surface area contributed by atoms with E-state index in [2.05, 4.69) is 107 Å². The largest absolute Gasteiger partial charge is 0.374 e. The summed E-state index contributed by atoms with van der Waals surface area (Å²) >= 11 is 0. The smallest absolute Gasteiger partial charge is 0.0743 e.